The summed E-state index contributed by atoms with van der Waals surface area (Å²) in [6.07, 6.45) is 7.36. The Kier molecular flexibility index (Phi) is 8.38. The fraction of sp³-hybridized carbons (Fsp3) is 0.467. The number of sulfonamides is 1. The first-order chi connectivity index (χ1) is 20.0. The van der Waals surface area contributed by atoms with E-state index in [1.54, 1.807) is 30.6 Å². The van der Waals surface area contributed by atoms with Crippen LogP contribution in [-0.2, 0) is 21.3 Å². The molecule has 0 unspecified atom stereocenters. The van der Waals surface area contributed by atoms with Gasteiger partial charge in [-0.2, -0.15) is 0 Å². The quantitative estimate of drug-likeness (QED) is 0.409. The molecule has 218 valence electrons. The van der Waals surface area contributed by atoms with E-state index in [0.29, 0.717) is 43.4 Å². The molecule has 0 spiro atoms. The molecule has 2 aliphatic heterocycles. The number of benzene rings is 1. The molecule has 2 saturated heterocycles. The summed E-state index contributed by atoms with van der Waals surface area (Å²) in [7, 11) is -2.56. The number of hydrogen-bond acceptors (Lipinski definition) is 9. The van der Waals surface area contributed by atoms with Gasteiger partial charge < -0.3 is 14.4 Å². The minimum Gasteiger partial charge on any atom is -0.480 e. The zero-order valence-corrected chi connectivity index (χ0v) is 24.4. The van der Waals surface area contributed by atoms with E-state index in [0.717, 1.165) is 44.3 Å². The Balaban J connectivity index is 1.12. The van der Waals surface area contributed by atoms with Crippen LogP contribution in [0.1, 0.15) is 24.8 Å². The largest absolute Gasteiger partial charge is 0.480 e. The van der Waals surface area contributed by atoms with E-state index in [1.165, 1.54) is 31.9 Å². The SMILES string of the molecule is COc1ncc(N2CCOCC2)cc1S(=O)(=O)Nc1ccnc(-c2ccc(CN3CCN(C4CCC4)CC3)cc2)c1. The average Bonchev–Trinajstić information content (AvgIpc) is 2.98. The Bertz CT molecular complexity index is 1430. The standard InChI is InChI=1S/C30H38N6O4S/c1-39-30-29(20-27(21-32-30)36-15-17-40-18-16-36)41(37,38)33-25-9-10-31-28(19-25)24-7-5-23(6-8-24)22-34-11-13-35(14-12-34)26-3-2-4-26/h5-10,19-21,26H,2-4,11-18,22H2,1H3,(H,31,33). The van der Waals surface area contributed by atoms with E-state index in [9.17, 15) is 8.42 Å². The maximum Gasteiger partial charge on any atom is 0.267 e. The maximum atomic E-state index is 13.5. The number of hydrogen-bond donors (Lipinski definition) is 1. The third-order valence-electron chi connectivity index (χ3n) is 8.33. The Labute approximate surface area is 242 Å². The van der Waals surface area contributed by atoms with Crippen molar-refractivity contribution in [3.8, 4) is 17.1 Å². The van der Waals surface area contributed by atoms with Crippen molar-refractivity contribution in [2.75, 3.05) is 69.2 Å². The third-order valence-corrected chi connectivity index (χ3v) is 9.70. The average molecular weight is 579 g/mol. The zero-order chi connectivity index (χ0) is 28.2. The lowest BCUT2D eigenvalue weighted by molar-refractivity contribution is 0.0587. The fourth-order valence-electron chi connectivity index (χ4n) is 5.70. The number of rotatable bonds is 9. The van der Waals surface area contributed by atoms with Crippen molar-refractivity contribution >= 4 is 21.4 Å². The summed E-state index contributed by atoms with van der Waals surface area (Å²) in [5.41, 5.74) is 4.02. The molecule has 41 heavy (non-hydrogen) atoms. The highest BCUT2D eigenvalue weighted by Gasteiger charge is 2.28. The van der Waals surface area contributed by atoms with Crippen molar-refractivity contribution in [1.82, 2.24) is 19.8 Å². The van der Waals surface area contributed by atoms with E-state index < -0.39 is 10.0 Å². The number of ether oxygens (including phenoxy) is 2. The minimum atomic E-state index is -3.98. The molecule has 0 bridgehead atoms. The summed E-state index contributed by atoms with van der Waals surface area (Å²) < 4.78 is 40.4. The lowest BCUT2D eigenvalue weighted by atomic mass is 9.91. The van der Waals surface area contributed by atoms with Crippen molar-refractivity contribution in [3.63, 3.8) is 0 Å². The molecule has 3 aliphatic rings. The topological polar surface area (TPSA) is 100 Å². The van der Waals surface area contributed by atoms with Crippen LogP contribution in [0.25, 0.3) is 11.3 Å². The molecule has 1 aliphatic carbocycles. The lowest BCUT2D eigenvalue weighted by Crippen LogP contribution is -2.51. The molecular formula is C30H38N6O4S. The second-order valence-electron chi connectivity index (χ2n) is 10.9. The first kappa shape index (κ1) is 27.9. The highest BCUT2D eigenvalue weighted by atomic mass is 32.2. The minimum absolute atomic E-state index is 0.0137. The number of anilines is 2. The summed E-state index contributed by atoms with van der Waals surface area (Å²) in [6.45, 7) is 7.99. The molecule has 1 N–H and O–H groups in total. The smallest absolute Gasteiger partial charge is 0.267 e. The van der Waals surface area contributed by atoms with E-state index >= 15 is 0 Å². The number of aromatic nitrogens is 2. The van der Waals surface area contributed by atoms with Gasteiger partial charge in [0.1, 0.15) is 0 Å². The number of morpholine rings is 1. The van der Waals surface area contributed by atoms with Gasteiger partial charge in [-0.25, -0.2) is 13.4 Å². The van der Waals surface area contributed by atoms with Crippen LogP contribution in [0, 0.1) is 0 Å². The number of piperazine rings is 1. The second-order valence-corrected chi connectivity index (χ2v) is 12.6. The molecule has 0 amide bonds. The van der Waals surface area contributed by atoms with Gasteiger partial charge in [0.15, 0.2) is 4.90 Å². The predicted octanol–water partition coefficient (Wildman–Crippen LogP) is 3.46. The number of nitrogens with zero attached hydrogens (tertiary/aromatic N) is 5. The zero-order valence-electron chi connectivity index (χ0n) is 23.5. The summed E-state index contributed by atoms with van der Waals surface area (Å²) in [6, 6.07) is 14.2. The summed E-state index contributed by atoms with van der Waals surface area (Å²) in [5, 5.41) is 0. The molecule has 3 fully saturated rings. The van der Waals surface area contributed by atoms with Gasteiger partial charge in [-0.1, -0.05) is 30.7 Å². The highest BCUT2D eigenvalue weighted by molar-refractivity contribution is 7.92. The van der Waals surface area contributed by atoms with Gasteiger partial charge >= 0.3 is 0 Å². The predicted molar refractivity (Wildman–Crippen MR) is 159 cm³/mol. The normalized spacial score (nSPS) is 19.1. The molecule has 0 atom stereocenters. The van der Waals surface area contributed by atoms with Gasteiger partial charge in [-0.3, -0.25) is 19.5 Å². The lowest BCUT2D eigenvalue weighted by Gasteiger charge is -2.43. The summed E-state index contributed by atoms with van der Waals surface area (Å²) in [4.78, 5) is 16.0. The monoisotopic (exact) mass is 578 g/mol. The van der Waals surface area contributed by atoms with Gasteiger partial charge in [0.2, 0.25) is 5.88 Å². The third kappa shape index (κ3) is 6.48. The van der Waals surface area contributed by atoms with Crippen molar-refractivity contribution in [3.05, 3.63) is 60.4 Å². The summed E-state index contributed by atoms with van der Waals surface area (Å²) >= 11 is 0. The van der Waals surface area contributed by atoms with Crippen LogP contribution >= 0.6 is 0 Å². The van der Waals surface area contributed by atoms with Crippen LogP contribution in [0.5, 0.6) is 5.88 Å². The van der Waals surface area contributed by atoms with Crippen LogP contribution in [0.2, 0.25) is 0 Å². The molecule has 1 aromatic carbocycles. The van der Waals surface area contributed by atoms with Crippen molar-refractivity contribution < 1.29 is 17.9 Å². The molecule has 10 nitrogen and oxygen atoms in total. The number of nitrogens with one attached hydrogen (secondary N) is 1. The van der Waals surface area contributed by atoms with Gasteiger partial charge in [-0.05, 0) is 36.6 Å². The van der Waals surface area contributed by atoms with Crippen LogP contribution in [0.4, 0.5) is 11.4 Å². The Morgan fingerprint density at radius 1 is 0.976 bits per heavy atom. The maximum absolute atomic E-state index is 13.5. The molecular weight excluding hydrogens is 540 g/mol. The van der Waals surface area contributed by atoms with Crippen LogP contribution in [-0.4, -0.2) is 93.8 Å². The van der Waals surface area contributed by atoms with E-state index in [1.807, 2.05) is 0 Å². The summed E-state index contributed by atoms with van der Waals surface area (Å²) in [5.74, 6) is 0.0452. The van der Waals surface area contributed by atoms with Crippen LogP contribution in [0.3, 0.4) is 0 Å². The molecule has 1 saturated carbocycles. The molecule has 2 aromatic heterocycles. The van der Waals surface area contributed by atoms with Crippen molar-refractivity contribution in [2.24, 2.45) is 0 Å². The second kappa shape index (κ2) is 12.3. The van der Waals surface area contributed by atoms with Gasteiger partial charge in [-0.15, -0.1) is 0 Å². The first-order valence-corrected chi connectivity index (χ1v) is 15.9. The van der Waals surface area contributed by atoms with Gasteiger partial charge in [0, 0.05) is 63.6 Å². The van der Waals surface area contributed by atoms with Crippen molar-refractivity contribution in [1.29, 1.82) is 0 Å². The molecule has 11 heteroatoms. The van der Waals surface area contributed by atoms with Gasteiger partial charge in [0.05, 0.1) is 43.6 Å². The molecule has 0 radical (unpaired) electrons. The molecule has 4 heterocycles. The number of methoxy groups -OCH3 is 1. The molecule has 6 rings (SSSR count). The van der Waals surface area contributed by atoms with Crippen LogP contribution in [0.15, 0.2) is 59.8 Å². The number of pyridine rings is 2. The molecule has 3 aromatic rings. The first-order valence-electron chi connectivity index (χ1n) is 14.4. The van der Waals surface area contributed by atoms with Crippen LogP contribution < -0.4 is 14.4 Å². The Hall–Kier alpha value is -3.25. The van der Waals surface area contributed by atoms with E-state index in [2.05, 4.69) is 53.7 Å². The highest BCUT2D eigenvalue weighted by Crippen LogP contribution is 2.30. The van der Waals surface area contributed by atoms with E-state index in [4.69, 9.17) is 9.47 Å². The fourth-order valence-corrected chi connectivity index (χ4v) is 6.89. The Morgan fingerprint density at radius 2 is 1.73 bits per heavy atom. The van der Waals surface area contributed by atoms with Crippen molar-refractivity contribution in [2.45, 2.75) is 36.7 Å². The van der Waals surface area contributed by atoms with E-state index in [-0.39, 0.29) is 10.8 Å². The van der Waals surface area contributed by atoms with Gasteiger partial charge in [0.25, 0.3) is 10.0 Å². The Morgan fingerprint density at radius 3 is 2.41 bits per heavy atom.